The maximum Gasteiger partial charge on any atom is 0.265 e. The van der Waals surface area contributed by atoms with Gasteiger partial charge < -0.3 is 10.6 Å². The highest BCUT2D eigenvalue weighted by Crippen LogP contribution is 2.31. The second-order valence-electron chi connectivity index (χ2n) is 8.56. The van der Waals surface area contributed by atoms with Crippen LogP contribution < -0.4 is 16.2 Å². The summed E-state index contributed by atoms with van der Waals surface area (Å²) in [6.07, 6.45) is 5.38. The molecule has 0 saturated heterocycles. The van der Waals surface area contributed by atoms with E-state index in [9.17, 15) is 14.9 Å². The number of hydrogen-bond donors (Lipinski definition) is 2. The van der Waals surface area contributed by atoms with Crippen LogP contribution in [0.4, 0.5) is 17.3 Å². The van der Waals surface area contributed by atoms with Crippen molar-refractivity contribution in [3.8, 4) is 17.2 Å². The number of nitriles is 1. The van der Waals surface area contributed by atoms with Crippen LogP contribution in [0.15, 0.2) is 77.2 Å². The minimum absolute atomic E-state index is 0.116. The largest absolute Gasteiger partial charge is 0.324 e. The highest BCUT2D eigenvalue weighted by atomic mass is 35.5. The number of fused-ring (bicyclic) bond motifs is 1. The van der Waals surface area contributed by atoms with E-state index < -0.39 is 5.91 Å². The predicted octanol–water partition coefficient (Wildman–Crippen LogP) is 5.19. The quantitative estimate of drug-likeness (QED) is 0.280. The molecule has 1 aliphatic rings. The Balaban J connectivity index is 1.40. The summed E-state index contributed by atoms with van der Waals surface area (Å²) < 4.78 is 1.47. The van der Waals surface area contributed by atoms with Gasteiger partial charge in [0.2, 0.25) is 5.95 Å². The number of anilines is 3. The summed E-state index contributed by atoms with van der Waals surface area (Å²) >= 11 is 6.31. The van der Waals surface area contributed by atoms with Crippen molar-refractivity contribution >= 4 is 45.9 Å². The van der Waals surface area contributed by atoms with Crippen molar-refractivity contribution in [1.29, 1.82) is 5.26 Å². The summed E-state index contributed by atoms with van der Waals surface area (Å²) in [5.41, 5.74) is 2.63. The van der Waals surface area contributed by atoms with Crippen molar-refractivity contribution in [2.45, 2.75) is 12.8 Å². The summed E-state index contributed by atoms with van der Waals surface area (Å²) in [5.74, 6) is 0.172. The van der Waals surface area contributed by atoms with E-state index in [1.54, 1.807) is 61.8 Å². The number of hydrogen-bond acceptors (Lipinski definition) is 6. The lowest BCUT2D eigenvalue weighted by Gasteiger charge is -2.12. The minimum Gasteiger partial charge on any atom is -0.324 e. The number of benzene rings is 2. The molecule has 0 atom stereocenters. The molecule has 8 nitrogen and oxygen atoms in total. The van der Waals surface area contributed by atoms with Gasteiger partial charge in [0.15, 0.2) is 0 Å². The topological polar surface area (TPSA) is 113 Å². The van der Waals surface area contributed by atoms with Gasteiger partial charge in [-0.25, -0.2) is 4.98 Å². The maximum atomic E-state index is 13.1. The van der Waals surface area contributed by atoms with Gasteiger partial charge in [0.1, 0.15) is 17.3 Å². The van der Waals surface area contributed by atoms with Gasteiger partial charge in [0, 0.05) is 46.2 Å². The van der Waals surface area contributed by atoms with Crippen LogP contribution >= 0.6 is 11.6 Å². The monoisotopic (exact) mass is 496 g/mol. The smallest absolute Gasteiger partial charge is 0.265 e. The average molecular weight is 497 g/mol. The number of halogens is 1. The summed E-state index contributed by atoms with van der Waals surface area (Å²) in [5, 5.41) is 16.3. The third kappa shape index (κ3) is 4.83. The number of carbonyl (C=O) groups excluding carboxylic acids is 1. The molecule has 2 N–H and O–H groups in total. The van der Waals surface area contributed by atoms with Crippen LogP contribution in [-0.4, -0.2) is 20.4 Å². The normalized spacial score (nSPS) is 13.3. The van der Waals surface area contributed by atoms with Gasteiger partial charge in [-0.2, -0.15) is 10.2 Å². The van der Waals surface area contributed by atoms with E-state index in [0.717, 1.165) is 12.8 Å². The van der Waals surface area contributed by atoms with Crippen LogP contribution in [0.5, 0.6) is 0 Å². The fraction of sp³-hybridized carbons (Fsp3) is 0.148. The second-order valence-corrected chi connectivity index (χ2v) is 8.97. The van der Waals surface area contributed by atoms with Crippen LogP contribution in [0.1, 0.15) is 12.8 Å². The molecule has 0 spiro atoms. The Morgan fingerprint density at radius 1 is 1.14 bits per heavy atom. The van der Waals surface area contributed by atoms with Crippen molar-refractivity contribution in [2.24, 2.45) is 13.0 Å². The lowest BCUT2D eigenvalue weighted by molar-refractivity contribution is -0.112. The average Bonchev–Trinajstić information content (AvgIpc) is 3.70. The van der Waals surface area contributed by atoms with Gasteiger partial charge >= 0.3 is 0 Å². The summed E-state index contributed by atoms with van der Waals surface area (Å²) in [4.78, 5) is 34.4. The first-order valence-corrected chi connectivity index (χ1v) is 11.7. The molecule has 9 heteroatoms. The van der Waals surface area contributed by atoms with Gasteiger partial charge in [-0.3, -0.25) is 14.2 Å². The summed E-state index contributed by atoms with van der Waals surface area (Å²) in [6, 6.07) is 17.9. The molecular weight excluding hydrogens is 476 g/mol. The Hall–Kier alpha value is -4.48. The molecule has 4 aromatic rings. The molecule has 1 amide bonds. The number of pyridine rings is 1. The Bertz CT molecular complexity index is 1630. The van der Waals surface area contributed by atoms with Crippen molar-refractivity contribution in [1.82, 2.24) is 14.5 Å². The first-order valence-electron chi connectivity index (χ1n) is 11.3. The SMILES string of the molecule is Cn1c(=O)c(-c2ccccc2Cl)cc2cnc(Nc3cccc(NC(=O)C(C#N)=CC4CC4)c3)nc21. The van der Waals surface area contributed by atoms with Crippen molar-refractivity contribution in [3.05, 3.63) is 87.8 Å². The first kappa shape index (κ1) is 23.3. The Labute approximate surface area is 211 Å². The molecule has 0 bridgehead atoms. The zero-order valence-corrected chi connectivity index (χ0v) is 20.1. The number of allylic oxidation sites excluding steroid dienone is 1. The summed E-state index contributed by atoms with van der Waals surface area (Å²) in [6.45, 7) is 0. The van der Waals surface area contributed by atoms with E-state index in [0.29, 0.717) is 44.5 Å². The number of aryl methyl sites for hydroxylation is 1. The van der Waals surface area contributed by atoms with Gasteiger partial charge in [0.25, 0.3) is 11.5 Å². The van der Waals surface area contributed by atoms with Gasteiger partial charge in [0.05, 0.1) is 0 Å². The van der Waals surface area contributed by atoms with Crippen LogP contribution in [-0.2, 0) is 11.8 Å². The Kier molecular flexibility index (Phi) is 6.23. The molecule has 1 aliphatic carbocycles. The highest BCUT2D eigenvalue weighted by Gasteiger charge is 2.21. The minimum atomic E-state index is -0.437. The van der Waals surface area contributed by atoms with Crippen LogP contribution in [0.3, 0.4) is 0 Å². The van der Waals surface area contributed by atoms with Crippen LogP contribution in [0, 0.1) is 17.2 Å². The van der Waals surface area contributed by atoms with Crippen molar-refractivity contribution < 1.29 is 4.79 Å². The predicted molar refractivity (Wildman–Crippen MR) is 140 cm³/mol. The molecule has 36 heavy (non-hydrogen) atoms. The molecule has 0 aliphatic heterocycles. The lowest BCUT2D eigenvalue weighted by atomic mass is 10.1. The van der Waals surface area contributed by atoms with E-state index in [1.165, 1.54) is 4.57 Å². The third-order valence-corrected chi connectivity index (χ3v) is 6.21. The fourth-order valence-electron chi connectivity index (χ4n) is 3.84. The summed E-state index contributed by atoms with van der Waals surface area (Å²) in [7, 11) is 1.65. The number of amides is 1. The standard InChI is InChI=1S/C27H21ClN6O2/c1-34-24-18(12-22(26(34)36)21-7-2-3-8-23(21)28)15-30-27(33-24)32-20-6-4-5-19(13-20)31-25(35)17(14-29)11-16-9-10-16/h2-8,11-13,15-16H,9-10H2,1H3,(H,31,35)(H,30,32,33). The van der Waals surface area contributed by atoms with E-state index in [-0.39, 0.29) is 17.1 Å². The van der Waals surface area contributed by atoms with Gasteiger partial charge in [-0.05, 0) is 49.1 Å². The molecule has 2 aromatic heterocycles. The van der Waals surface area contributed by atoms with E-state index in [1.807, 2.05) is 18.2 Å². The van der Waals surface area contributed by atoms with Gasteiger partial charge in [-0.15, -0.1) is 0 Å². The Morgan fingerprint density at radius 2 is 1.92 bits per heavy atom. The first-order chi connectivity index (χ1) is 17.4. The molecule has 0 unspecified atom stereocenters. The number of carbonyl (C=O) groups is 1. The molecule has 1 fully saturated rings. The molecule has 1 saturated carbocycles. The highest BCUT2D eigenvalue weighted by molar-refractivity contribution is 6.33. The van der Waals surface area contributed by atoms with Crippen LogP contribution in [0.2, 0.25) is 5.02 Å². The number of aromatic nitrogens is 3. The van der Waals surface area contributed by atoms with E-state index in [4.69, 9.17) is 11.6 Å². The van der Waals surface area contributed by atoms with Crippen LogP contribution in [0.25, 0.3) is 22.2 Å². The molecule has 5 rings (SSSR count). The van der Waals surface area contributed by atoms with E-state index in [2.05, 4.69) is 20.6 Å². The molecule has 178 valence electrons. The molecular formula is C27H21ClN6O2. The molecule has 2 heterocycles. The van der Waals surface area contributed by atoms with E-state index >= 15 is 0 Å². The molecule has 0 radical (unpaired) electrons. The number of rotatable bonds is 6. The second kappa shape index (κ2) is 9.64. The Morgan fingerprint density at radius 3 is 2.67 bits per heavy atom. The number of nitrogens with zero attached hydrogens (tertiary/aromatic N) is 4. The maximum absolute atomic E-state index is 13.1. The fourth-order valence-corrected chi connectivity index (χ4v) is 4.08. The van der Waals surface area contributed by atoms with Crippen molar-refractivity contribution in [2.75, 3.05) is 10.6 Å². The number of nitrogens with one attached hydrogen (secondary N) is 2. The lowest BCUT2D eigenvalue weighted by Crippen LogP contribution is -2.20. The van der Waals surface area contributed by atoms with Gasteiger partial charge in [-0.1, -0.05) is 41.9 Å². The van der Waals surface area contributed by atoms with Crippen molar-refractivity contribution in [3.63, 3.8) is 0 Å². The third-order valence-electron chi connectivity index (χ3n) is 5.88. The zero-order chi connectivity index (χ0) is 25.2. The zero-order valence-electron chi connectivity index (χ0n) is 19.3. The molecule has 2 aromatic carbocycles.